The molecule has 0 radical (unpaired) electrons. The molecule has 3 N–H and O–H groups in total. The first-order chi connectivity index (χ1) is 11.1. The second-order valence-corrected chi connectivity index (χ2v) is 5.10. The van der Waals surface area contributed by atoms with Crippen molar-refractivity contribution >= 4 is 5.91 Å². The number of aromatic nitrogens is 4. The van der Waals surface area contributed by atoms with Gasteiger partial charge in [-0.3, -0.25) is 14.7 Å². The van der Waals surface area contributed by atoms with Gasteiger partial charge in [0.15, 0.2) is 0 Å². The third-order valence-electron chi connectivity index (χ3n) is 3.36. The molecule has 0 bridgehead atoms. The zero-order valence-corrected chi connectivity index (χ0v) is 12.5. The van der Waals surface area contributed by atoms with Crippen LogP contribution in [0.3, 0.4) is 0 Å². The lowest BCUT2D eigenvalue weighted by molar-refractivity contribution is 0.0948. The lowest BCUT2D eigenvalue weighted by Gasteiger charge is -2.06. The predicted octanol–water partition coefficient (Wildman–Crippen LogP) is 1.40. The van der Waals surface area contributed by atoms with Crippen molar-refractivity contribution in [1.82, 2.24) is 25.5 Å². The second-order valence-electron chi connectivity index (χ2n) is 5.10. The molecule has 0 saturated heterocycles. The van der Waals surface area contributed by atoms with Crippen molar-refractivity contribution in [2.75, 3.05) is 0 Å². The summed E-state index contributed by atoms with van der Waals surface area (Å²) in [5.74, 6) is 0.0598. The van der Waals surface area contributed by atoms with Gasteiger partial charge in [0, 0.05) is 5.69 Å². The first-order valence-electron chi connectivity index (χ1n) is 7.06. The van der Waals surface area contributed by atoms with E-state index in [9.17, 15) is 9.59 Å². The smallest absolute Gasteiger partial charge is 0.261 e. The number of rotatable bonds is 4. The molecule has 0 atom stereocenters. The van der Waals surface area contributed by atoms with Crippen molar-refractivity contribution in [3.63, 3.8) is 0 Å². The van der Waals surface area contributed by atoms with Crippen LogP contribution in [0.25, 0.3) is 11.3 Å². The normalized spacial score (nSPS) is 10.5. The summed E-state index contributed by atoms with van der Waals surface area (Å²) in [5, 5.41) is 8.94. The highest BCUT2D eigenvalue weighted by molar-refractivity contribution is 5.94. The number of amides is 1. The molecular weight excluding hydrogens is 294 g/mol. The van der Waals surface area contributed by atoms with E-state index in [1.54, 1.807) is 6.07 Å². The minimum atomic E-state index is -0.460. The summed E-state index contributed by atoms with van der Waals surface area (Å²) in [4.78, 5) is 30.9. The SMILES string of the molecule is Cc1cccc(-c2ccc(C(=O)NCc3ncn[nH]3)c(=O)[nH]2)c1. The molecule has 7 nitrogen and oxygen atoms in total. The van der Waals surface area contributed by atoms with Gasteiger partial charge in [-0.15, -0.1) is 0 Å². The largest absolute Gasteiger partial charge is 0.345 e. The number of pyridine rings is 1. The summed E-state index contributed by atoms with van der Waals surface area (Å²) in [7, 11) is 0. The number of hydrogen-bond donors (Lipinski definition) is 3. The number of H-pyrrole nitrogens is 2. The van der Waals surface area contributed by atoms with Gasteiger partial charge in [0.05, 0.1) is 6.54 Å². The maximum Gasteiger partial charge on any atom is 0.261 e. The van der Waals surface area contributed by atoms with Crippen molar-refractivity contribution in [2.24, 2.45) is 0 Å². The summed E-state index contributed by atoms with van der Waals surface area (Å²) >= 11 is 0. The molecule has 2 aromatic heterocycles. The third-order valence-corrected chi connectivity index (χ3v) is 3.36. The Morgan fingerprint density at radius 3 is 2.83 bits per heavy atom. The molecule has 1 amide bonds. The number of carbonyl (C=O) groups excluding carboxylic acids is 1. The fourth-order valence-electron chi connectivity index (χ4n) is 2.21. The van der Waals surface area contributed by atoms with Crippen molar-refractivity contribution < 1.29 is 4.79 Å². The molecule has 0 fully saturated rings. The van der Waals surface area contributed by atoms with Crippen LogP contribution in [-0.4, -0.2) is 26.1 Å². The highest BCUT2D eigenvalue weighted by atomic mass is 16.2. The van der Waals surface area contributed by atoms with Gasteiger partial charge in [-0.25, -0.2) is 4.98 Å². The first kappa shape index (κ1) is 14.7. The summed E-state index contributed by atoms with van der Waals surface area (Å²) in [6, 6.07) is 11.0. The Labute approximate surface area is 131 Å². The molecule has 0 spiro atoms. The van der Waals surface area contributed by atoms with Crippen LogP contribution in [0.1, 0.15) is 21.7 Å². The van der Waals surface area contributed by atoms with Crippen molar-refractivity contribution in [2.45, 2.75) is 13.5 Å². The number of nitrogens with one attached hydrogen (secondary N) is 3. The van der Waals surface area contributed by atoms with E-state index in [0.717, 1.165) is 11.1 Å². The van der Waals surface area contributed by atoms with Crippen LogP contribution < -0.4 is 10.9 Å². The summed E-state index contributed by atoms with van der Waals surface area (Å²) in [6.07, 6.45) is 1.35. The molecule has 2 heterocycles. The van der Waals surface area contributed by atoms with E-state index in [1.165, 1.54) is 12.4 Å². The predicted molar refractivity (Wildman–Crippen MR) is 84.8 cm³/mol. The minimum absolute atomic E-state index is 0.0564. The topological polar surface area (TPSA) is 104 Å². The number of benzene rings is 1. The van der Waals surface area contributed by atoms with E-state index < -0.39 is 11.5 Å². The third kappa shape index (κ3) is 3.34. The zero-order chi connectivity index (χ0) is 16.2. The van der Waals surface area contributed by atoms with E-state index in [1.807, 2.05) is 31.2 Å². The highest BCUT2D eigenvalue weighted by Gasteiger charge is 2.11. The van der Waals surface area contributed by atoms with Gasteiger partial charge >= 0.3 is 0 Å². The van der Waals surface area contributed by atoms with E-state index in [0.29, 0.717) is 11.5 Å². The molecule has 116 valence electrons. The van der Waals surface area contributed by atoms with Crippen LogP contribution in [-0.2, 0) is 6.54 Å². The van der Waals surface area contributed by atoms with E-state index in [-0.39, 0.29) is 12.1 Å². The van der Waals surface area contributed by atoms with E-state index in [4.69, 9.17) is 0 Å². The fourth-order valence-corrected chi connectivity index (χ4v) is 2.21. The Kier molecular flexibility index (Phi) is 4.01. The molecule has 7 heteroatoms. The lowest BCUT2D eigenvalue weighted by Crippen LogP contribution is -2.29. The fraction of sp³-hybridized carbons (Fsp3) is 0.125. The highest BCUT2D eigenvalue weighted by Crippen LogP contribution is 2.16. The molecule has 23 heavy (non-hydrogen) atoms. The Balaban J connectivity index is 1.79. The van der Waals surface area contributed by atoms with Gasteiger partial charge in [-0.05, 0) is 30.7 Å². The lowest BCUT2D eigenvalue weighted by atomic mass is 10.1. The quantitative estimate of drug-likeness (QED) is 0.677. The van der Waals surface area contributed by atoms with Crippen LogP contribution >= 0.6 is 0 Å². The van der Waals surface area contributed by atoms with Crippen molar-refractivity contribution in [3.05, 3.63) is 70.0 Å². The van der Waals surface area contributed by atoms with Crippen LogP contribution in [0.2, 0.25) is 0 Å². The van der Waals surface area contributed by atoms with E-state index in [2.05, 4.69) is 25.5 Å². The van der Waals surface area contributed by atoms with Gasteiger partial charge in [0.25, 0.3) is 11.5 Å². The number of hydrogen-bond acceptors (Lipinski definition) is 4. The molecule has 0 aliphatic heterocycles. The Bertz CT molecular complexity index is 883. The molecule has 0 aliphatic carbocycles. The Morgan fingerprint density at radius 1 is 1.26 bits per heavy atom. The summed E-state index contributed by atoms with van der Waals surface area (Å²) in [5.41, 5.74) is 2.29. The first-order valence-corrected chi connectivity index (χ1v) is 7.06. The maximum atomic E-state index is 12.1. The number of aryl methyl sites for hydroxylation is 1. The molecule has 0 unspecified atom stereocenters. The van der Waals surface area contributed by atoms with Crippen LogP contribution in [0.4, 0.5) is 0 Å². The zero-order valence-electron chi connectivity index (χ0n) is 12.5. The molecule has 0 saturated carbocycles. The average Bonchev–Trinajstić information content (AvgIpc) is 3.06. The average molecular weight is 309 g/mol. The number of nitrogens with zero attached hydrogens (tertiary/aromatic N) is 2. The molecule has 3 aromatic rings. The van der Waals surface area contributed by atoms with Crippen molar-refractivity contribution in [1.29, 1.82) is 0 Å². The number of aromatic amines is 2. The maximum absolute atomic E-state index is 12.1. The van der Waals surface area contributed by atoms with Crippen LogP contribution in [0, 0.1) is 6.92 Å². The van der Waals surface area contributed by atoms with Gasteiger partial charge < -0.3 is 10.3 Å². The van der Waals surface area contributed by atoms with Gasteiger partial charge in [-0.2, -0.15) is 5.10 Å². The van der Waals surface area contributed by atoms with Gasteiger partial charge in [0.1, 0.15) is 17.7 Å². The molecule has 0 aliphatic rings. The number of carbonyl (C=O) groups is 1. The van der Waals surface area contributed by atoms with Gasteiger partial charge in [-0.1, -0.05) is 23.8 Å². The van der Waals surface area contributed by atoms with Crippen LogP contribution in [0.5, 0.6) is 0 Å². The van der Waals surface area contributed by atoms with Crippen LogP contribution in [0.15, 0.2) is 47.5 Å². The Hall–Kier alpha value is -3.22. The minimum Gasteiger partial charge on any atom is -0.345 e. The van der Waals surface area contributed by atoms with E-state index >= 15 is 0 Å². The molecular formula is C16H15N5O2. The molecule has 1 aromatic carbocycles. The Morgan fingerprint density at radius 2 is 2.13 bits per heavy atom. The monoisotopic (exact) mass is 309 g/mol. The standard InChI is InChI=1S/C16H15N5O2/c1-10-3-2-4-11(7-10)13-6-5-12(16(23)20-13)15(22)17-8-14-18-9-19-21-14/h2-7,9H,8H2,1H3,(H,17,22)(H,20,23)(H,18,19,21). The van der Waals surface area contributed by atoms with Gasteiger partial charge in [0.2, 0.25) is 0 Å². The van der Waals surface area contributed by atoms with Crippen molar-refractivity contribution in [3.8, 4) is 11.3 Å². The second kappa shape index (κ2) is 6.27. The molecule has 3 rings (SSSR count). The summed E-state index contributed by atoms with van der Waals surface area (Å²) < 4.78 is 0. The summed E-state index contributed by atoms with van der Waals surface area (Å²) in [6.45, 7) is 2.16.